The number of aromatic nitrogens is 2. The zero-order valence-electron chi connectivity index (χ0n) is 17.9. The van der Waals surface area contributed by atoms with Gasteiger partial charge in [0, 0.05) is 29.5 Å². The van der Waals surface area contributed by atoms with Gasteiger partial charge in [0.25, 0.3) is 5.69 Å². The molecule has 10 nitrogen and oxygen atoms in total. The molecule has 4 aromatic rings. The Morgan fingerprint density at radius 3 is 2.43 bits per heavy atom. The van der Waals surface area contributed by atoms with Crippen LogP contribution >= 0.6 is 0 Å². The van der Waals surface area contributed by atoms with Crippen LogP contribution in [-0.4, -0.2) is 36.8 Å². The first-order valence-corrected chi connectivity index (χ1v) is 10.2. The van der Waals surface area contributed by atoms with E-state index in [4.69, 9.17) is 5.11 Å². The van der Waals surface area contributed by atoms with Gasteiger partial charge in [0.15, 0.2) is 5.82 Å². The minimum absolute atomic E-state index is 0.00578. The molecular formula is C24H17FN4O6. The number of imidazole rings is 1. The second kappa shape index (κ2) is 9.43. The van der Waals surface area contributed by atoms with Crippen LogP contribution in [0.5, 0.6) is 0 Å². The highest BCUT2D eigenvalue weighted by molar-refractivity contribution is 6.02. The van der Waals surface area contributed by atoms with Gasteiger partial charge in [-0.25, -0.2) is 9.37 Å². The van der Waals surface area contributed by atoms with E-state index >= 15 is 0 Å². The third kappa shape index (κ3) is 5.14. The molecule has 0 spiro atoms. The number of hydrogen-bond donors (Lipinski definition) is 3. The lowest BCUT2D eigenvalue weighted by Crippen LogP contribution is -2.07. The van der Waals surface area contributed by atoms with Crippen LogP contribution in [0.25, 0.3) is 28.5 Å². The lowest BCUT2D eigenvalue weighted by atomic mass is 10.1. The van der Waals surface area contributed by atoms with Gasteiger partial charge >= 0.3 is 5.97 Å². The van der Waals surface area contributed by atoms with Crippen LogP contribution in [0.2, 0.25) is 0 Å². The molecule has 0 saturated carbocycles. The topological polar surface area (TPSA) is 148 Å². The lowest BCUT2D eigenvalue weighted by Gasteiger charge is -2.05. The number of non-ortho nitro benzene ring substituents is 1. The fraction of sp³-hybridized carbons (Fsp3) is 0.0417. The summed E-state index contributed by atoms with van der Waals surface area (Å²) < 4.78 is 13.6. The summed E-state index contributed by atoms with van der Waals surface area (Å²) in [5.41, 5.74) is 1.36. The number of nitrogens with zero attached hydrogens (tertiary/aromatic N) is 3. The smallest absolute Gasteiger partial charge is 0.307 e. The van der Waals surface area contributed by atoms with Crippen molar-refractivity contribution < 1.29 is 29.2 Å². The largest absolute Gasteiger partial charge is 0.481 e. The normalized spacial score (nSPS) is 11.1. The van der Waals surface area contributed by atoms with Crippen molar-refractivity contribution >= 4 is 40.4 Å². The summed E-state index contributed by atoms with van der Waals surface area (Å²) >= 11 is 0. The Balaban J connectivity index is 1.58. The molecule has 3 aromatic carbocycles. The van der Waals surface area contributed by atoms with Crippen LogP contribution in [-0.2, 0) is 16.0 Å². The Bertz CT molecular complexity index is 1480. The minimum atomic E-state index is -1.20. The number of rotatable bonds is 7. The van der Waals surface area contributed by atoms with Crippen LogP contribution in [0.1, 0.15) is 11.1 Å². The Hall–Kier alpha value is -5.06. The number of fused-ring (bicyclic) bond motifs is 1. The number of amides is 1. The maximum Gasteiger partial charge on any atom is 0.307 e. The Morgan fingerprint density at radius 2 is 1.80 bits per heavy atom. The van der Waals surface area contributed by atoms with Crippen LogP contribution in [0, 0.1) is 15.9 Å². The molecule has 0 aliphatic rings. The van der Waals surface area contributed by atoms with Gasteiger partial charge in [0.2, 0.25) is 5.91 Å². The molecule has 176 valence electrons. The predicted molar refractivity (Wildman–Crippen MR) is 124 cm³/mol. The van der Waals surface area contributed by atoms with Crippen molar-refractivity contribution in [2.24, 2.45) is 0 Å². The number of nitro benzene ring substituents is 1. The molecule has 1 heterocycles. The number of carboxylic acid groups (broad SMARTS) is 1. The number of aliphatic carboxylic acids is 1. The van der Waals surface area contributed by atoms with Crippen LogP contribution < -0.4 is 5.32 Å². The number of carboxylic acids is 1. The Kier molecular flexibility index (Phi) is 6.23. The first kappa shape index (κ1) is 23.1. The molecule has 0 aliphatic carbocycles. The SMILES string of the molecule is O=C(O)Cc1cc([N+](=O)[O-])cc2c1nc(-c1ccc(NC(=O)C=Cc3ccc(F)cc3)cc1)n2O. The fourth-order valence-electron chi connectivity index (χ4n) is 3.44. The third-order valence-corrected chi connectivity index (χ3v) is 5.06. The van der Waals surface area contributed by atoms with Gasteiger partial charge in [0.1, 0.15) is 11.3 Å². The lowest BCUT2D eigenvalue weighted by molar-refractivity contribution is -0.384. The zero-order valence-corrected chi connectivity index (χ0v) is 17.9. The molecule has 0 radical (unpaired) electrons. The van der Waals surface area contributed by atoms with E-state index in [1.54, 1.807) is 24.3 Å². The van der Waals surface area contributed by atoms with E-state index in [9.17, 15) is 29.3 Å². The Labute approximate surface area is 196 Å². The van der Waals surface area contributed by atoms with Crippen molar-refractivity contribution in [1.29, 1.82) is 0 Å². The molecule has 11 heteroatoms. The third-order valence-electron chi connectivity index (χ3n) is 5.06. The molecule has 0 saturated heterocycles. The molecule has 1 aromatic heterocycles. The van der Waals surface area contributed by atoms with Gasteiger partial charge in [0.05, 0.1) is 16.9 Å². The van der Waals surface area contributed by atoms with E-state index in [1.807, 2.05) is 0 Å². The fourth-order valence-corrected chi connectivity index (χ4v) is 3.44. The molecule has 0 bridgehead atoms. The average molecular weight is 476 g/mol. The van der Waals surface area contributed by atoms with Crippen LogP contribution in [0.15, 0.2) is 66.7 Å². The summed E-state index contributed by atoms with van der Waals surface area (Å²) in [5.74, 6) is -1.95. The number of carbonyl (C=O) groups excluding carboxylic acids is 1. The average Bonchev–Trinajstić information content (AvgIpc) is 3.15. The summed E-state index contributed by atoms with van der Waals surface area (Å²) in [7, 11) is 0. The van der Waals surface area contributed by atoms with E-state index in [0.717, 1.165) is 12.1 Å². The quantitative estimate of drug-likeness (QED) is 0.156. The van der Waals surface area contributed by atoms with Crippen LogP contribution in [0.3, 0.4) is 0 Å². The maximum absolute atomic E-state index is 13.0. The minimum Gasteiger partial charge on any atom is -0.481 e. The first-order valence-electron chi connectivity index (χ1n) is 10.2. The maximum atomic E-state index is 13.0. The monoisotopic (exact) mass is 476 g/mol. The summed E-state index contributed by atoms with van der Waals surface area (Å²) in [6.45, 7) is 0. The summed E-state index contributed by atoms with van der Waals surface area (Å²) in [6, 6.07) is 14.1. The van der Waals surface area contributed by atoms with Gasteiger partial charge in [-0.3, -0.25) is 19.7 Å². The van der Waals surface area contributed by atoms with E-state index in [0.29, 0.717) is 21.5 Å². The van der Waals surface area contributed by atoms with Crippen LogP contribution in [0.4, 0.5) is 15.8 Å². The zero-order chi connectivity index (χ0) is 25.1. The van der Waals surface area contributed by atoms with Gasteiger partial charge in [-0.15, -0.1) is 0 Å². The predicted octanol–water partition coefficient (Wildman–Crippen LogP) is 4.27. The molecule has 0 unspecified atom stereocenters. The second-order valence-electron chi connectivity index (χ2n) is 7.50. The number of halogens is 1. The number of benzene rings is 3. The van der Waals surface area contributed by atoms with Crippen molar-refractivity contribution in [3.8, 4) is 11.4 Å². The van der Waals surface area contributed by atoms with Gasteiger partial charge in [-0.2, -0.15) is 4.73 Å². The van der Waals surface area contributed by atoms with E-state index < -0.39 is 23.2 Å². The molecule has 3 N–H and O–H groups in total. The number of anilines is 1. The summed E-state index contributed by atoms with van der Waals surface area (Å²) in [6.07, 6.45) is 2.32. The highest BCUT2D eigenvalue weighted by Crippen LogP contribution is 2.30. The highest BCUT2D eigenvalue weighted by atomic mass is 19.1. The van der Waals surface area contributed by atoms with Gasteiger partial charge in [-0.1, -0.05) is 12.1 Å². The number of nitrogens with one attached hydrogen (secondary N) is 1. The molecular weight excluding hydrogens is 459 g/mol. The molecule has 4 rings (SSSR count). The van der Waals surface area contributed by atoms with Crippen molar-refractivity contribution in [3.05, 3.63) is 93.8 Å². The van der Waals surface area contributed by atoms with Crippen molar-refractivity contribution in [1.82, 2.24) is 9.71 Å². The van der Waals surface area contributed by atoms with E-state index in [1.165, 1.54) is 36.4 Å². The van der Waals surface area contributed by atoms with E-state index in [2.05, 4.69) is 10.3 Å². The second-order valence-corrected chi connectivity index (χ2v) is 7.50. The molecule has 35 heavy (non-hydrogen) atoms. The highest BCUT2D eigenvalue weighted by Gasteiger charge is 2.21. The van der Waals surface area contributed by atoms with Crippen molar-refractivity contribution in [2.75, 3.05) is 5.32 Å². The number of hydrogen-bond acceptors (Lipinski definition) is 6. The number of carbonyl (C=O) groups is 2. The van der Waals surface area contributed by atoms with Crippen molar-refractivity contribution in [2.45, 2.75) is 6.42 Å². The van der Waals surface area contributed by atoms with E-state index in [-0.39, 0.29) is 33.9 Å². The van der Waals surface area contributed by atoms with Gasteiger partial charge in [-0.05, 0) is 53.6 Å². The van der Waals surface area contributed by atoms with Gasteiger partial charge < -0.3 is 15.6 Å². The molecule has 0 fully saturated rings. The first-order chi connectivity index (χ1) is 16.7. The Morgan fingerprint density at radius 1 is 1.11 bits per heavy atom. The number of nitro groups is 1. The molecule has 0 atom stereocenters. The summed E-state index contributed by atoms with van der Waals surface area (Å²) in [4.78, 5) is 38.2. The standard InChI is InChI=1S/C24H17FN4O6/c25-17-6-1-14(2-7-17)3-10-21(30)26-18-8-4-15(5-9-18)24-27-23-16(12-22(31)32)11-19(29(34)35)13-20(23)28(24)33/h1-11,13,33H,12H2,(H,26,30)(H,31,32). The summed E-state index contributed by atoms with van der Waals surface area (Å²) in [5, 5.41) is 33.6. The van der Waals surface area contributed by atoms with Crippen molar-refractivity contribution in [3.63, 3.8) is 0 Å². The molecule has 1 amide bonds. The molecule has 0 aliphatic heterocycles.